The van der Waals surface area contributed by atoms with Crippen molar-refractivity contribution >= 4 is 29.1 Å². The zero-order chi connectivity index (χ0) is 18.9. The molecule has 0 bridgehead atoms. The van der Waals surface area contributed by atoms with Gasteiger partial charge in [-0.1, -0.05) is 30.3 Å². The molecule has 0 radical (unpaired) electrons. The molecule has 8 heteroatoms. The summed E-state index contributed by atoms with van der Waals surface area (Å²) in [6.07, 6.45) is 0. The molecule has 0 atom stereocenters. The van der Waals surface area contributed by atoms with Crippen molar-refractivity contribution in [3.63, 3.8) is 0 Å². The lowest BCUT2D eigenvalue weighted by Crippen LogP contribution is -2.49. The third-order valence-corrected chi connectivity index (χ3v) is 3.68. The number of carbonyl (C=O) groups is 2. The fourth-order valence-electron chi connectivity index (χ4n) is 2.08. The molecule has 0 unspecified atom stereocenters. The Morgan fingerprint density at radius 2 is 1.69 bits per heavy atom. The van der Waals surface area contributed by atoms with Crippen LogP contribution in [-0.4, -0.2) is 35.4 Å². The second kappa shape index (κ2) is 9.47. The van der Waals surface area contributed by atoms with Crippen LogP contribution in [0.1, 0.15) is 15.9 Å². The van der Waals surface area contributed by atoms with E-state index in [2.05, 4.69) is 16.2 Å². The first-order valence-electron chi connectivity index (χ1n) is 7.83. The maximum absolute atomic E-state index is 12.8. The van der Waals surface area contributed by atoms with E-state index < -0.39 is 5.91 Å². The lowest BCUT2D eigenvalue weighted by Gasteiger charge is -2.17. The monoisotopic (exact) mass is 374 g/mol. The number of nitrogens with zero attached hydrogens (tertiary/aromatic N) is 1. The molecule has 0 fully saturated rings. The van der Waals surface area contributed by atoms with E-state index in [-0.39, 0.29) is 23.4 Å². The summed E-state index contributed by atoms with van der Waals surface area (Å²) in [4.78, 5) is 25.4. The van der Waals surface area contributed by atoms with E-state index in [0.717, 1.165) is 5.56 Å². The van der Waals surface area contributed by atoms with Gasteiger partial charge in [-0.2, -0.15) is 0 Å². The fraction of sp³-hybridized carbons (Fsp3) is 0.167. The van der Waals surface area contributed by atoms with Gasteiger partial charge in [-0.05, 0) is 42.0 Å². The predicted molar refractivity (Wildman–Crippen MR) is 101 cm³/mol. The molecule has 0 aliphatic heterocycles. The topological polar surface area (TPSA) is 73.5 Å². The minimum atomic E-state index is -0.414. The summed E-state index contributed by atoms with van der Waals surface area (Å²) in [7, 11) is 1.54. The lowest BCUT2D eigenvalue weighted by molar-refractivity contribution is -0.122. The number of halogens is 1. The highest BCUT2D eigenvalue weighted by Gasteiger charge is 2.14. The summed E-state index contributed by atoms with van der Waals surface area (Å²) in [5.74, 6) is -0.976. The first kappa shape index (κ1) is 19.3. The minimum absolute atomic E-state index is 0.124. The van der Waals surface area contributed by atoms with Crippen LogP contribution >= 0.6 is 12.2 Å². The quantitative estimate of drug-likeness (QED) is 0.548. The second-order valence-corrected chi connectivity index (χ2v) is 5.92. The molecule has 3 N–H and O–H groups in total. The number of thiocarbonyl (C=S) groups is 1. The van der Waals surface area contributed by atoms with Crippen LogP contribution in [0.3, 0.4) is 0 Å². The summed E-state index contributed by atoms with van der Waals surface area (Å²) >= 11 is 5.05. The molecule has 26 heavy (non-hydrogen) atoms. The highest BCUT2D eigenvalue weighted by molar-refractivity contribution is 7.80. The van der Waals surface area contributed by atoms with Crippen molar-refractivity contribution in [3.05, 3.63) is 71.5 Å². The van der Waals surface area contributed by atoms with Gasteiger partial charge in [0.05, 0.1) is 0 Å². The van der Waals surface area contributed by atoms with Crippen LogP contribution in [0.5, 0.6) is 0 Å². The molecule has 0 saturated carbocycles. The maximum Gasteiger partial charge on any atom is 0.257 e. The van der Waals surface area contributed by atoms with Crippen molar-refractivity contribution in [1.29, 1.82) is 0 Å². The molecule has 0 heterocycles. The smallest absolute Gasteiger partial charge is 0.257 e. The van der Waals surface area contributed by atoms with Gasteiger partial charge in [-0.3, -0.25) is 20.4 Å². The van der Waals surface area contributed by atoms with Gasteiger partial charge in [0.25, 0.3) is 11.8 Å². The average molecular weight is 374 g/mol. The largest absolute Gasteiger partial charge is 0.357 e. The van der Waals surface area contributed by atoms with Crippen LogP contribution in [-0.2, 0) is 11.3 Å². The molecule has 2 aromatic rings. The van der Waals surface area contributed by atoms with E-state index in [1.54, 1.807) is 43.4 Å². The SMILES string of the molecule is CN(CC(=O)NNC(=S)NCc1ccc(F)cc1)C(=O)c1ccccc1. The first-order valence-corrected chi connectivity index (χ1v) is 8.24. The fourth-order valence-corrected chi connectivity index (χ4v) is 2.21. The Morgan fingerprint density at radius 3 is 2.35 bits per heavy atom. The highest BCUT2D eigenvalue weighted by Crippen LogP contribution is 2.03. The molecule has 0 aromatic heterocycles. The molecule has 136 valence electrons. The molecule has 2 amide bonds. The number of hydrazine groups is 1. The van der Waals surface area contributed by atoms with E-state index in [9.17, 15) is 14.0 Å². The van der Waals surface area contributed by atoms with Crippen molar-refractivity contribution in [1.82, 2.24) is 21.1 Å². The normalized spacial score (nSPS) is 9.92. The van der Waals surface area contributed by atoms with Gasteiger partial charge < -0.3 is 10.2 Å². The first-order chi connectivity index (χ1) is 12.5. The second-order valence-electron chi connectivity index (χ2n) is 5.51. The van der Waals surface area contributed by atoms with Gasteiger partial charge in [0.15, 0.2) is 5.11 Å². The van der Waals surface area contributed by atoms with Crippen molar-refractivity contribution < 1.29 is 14.0 Å². The van der Waals surface area contributed by atoms with Crippen molar-refractivity contribution in [2.24, 2.45) is 0 Å². The zero-order valence-corrected chi connectivity index (χ0v) is 15.0. The zero-order valence-electron chi connectivity index (χ0n) is 14.2. The molecule has 2 rings (SSSR count). The Labute approximate surface area is 156 Å². The molecule has 0 spiro atoms. The standard InChI is InChI=1S/C18H19FN4O2S/c1-23(17(25)14-5-3-2-4-6-14)12-16(24)21-22-18(26)20-11-13-7-9-15(19)10-8-13/h2-10H,11-12H2,1H3,(H,21,24)(H2,20,22,26). The molecule has 6 nitrogen and oxygen atoms in total. The van der Waals surface area contributed by atoms with Crippen LogP contribution in [0.25, 0.3) is 0 Å². The van der Waals surface area contributed by atoms with E-state index in [1.807, 2.05) is 6.07 Å². The van der Waals surface area contributed by atoms with Gasteiger partial charge in [-0.15, -0.1) is 0 Å². The molecule has 0 saturated heterocycles. The highest BCUT2D eigenvalue weighted by atomic mass is 32.1. The number of benzene rings is 2. The van der Waals surface area contributed by atoms with Crippen LogP contribution in [0.2, 0.25) is 0 Å². The number of rotatable bonds is 5. The summed E-state index contributed by atoms with van der Waals surface area (Å²) in [5, 5.41) is 3.09. The minimum Gasteiger partial charge on any atom is -0.357 e. The van der Waals surface area contributed by atoms with Crippen LogP contribution in [0.4, 0.5) is 4.39 Å². The Morgan fingerprint density at radius 1 is 1.04 bits per heavy atom. The van der Waals surface area contributed by atoms with E-state index in [1.165, 1.54) is 17.0 Å². The summed E-state index contributed by atoms with van der Waals surface area (Å²) in [6, 6.07) is 14.7. The third-order valence-electron chi connectivity index (χ3n) is 3.43. The van der Waals surface area contributed by atoms with Crippen LogP contribution < -0.4 is 16.2 Å². The van der Waals surface area contributed by atoms with E-state index in [0.29, 0.717) is 12.1 Å². The Bertz CT molecular complexity index is 769. The van der Waals surface area contributed by atoms with Gasteiger partial charge in [-0.25, -0.2) is 4.39 Å². The Hall–Kier alpha value is -3.00. The van der Waals surface area contributed by atoms with Gasteiger partial charge in [0.1, 0.15) is 12.4 Å². The van der Waals surface area contributed by atoms with Gasteiger partial charge in [0.2, 0.25) is 0 Å². The van der Waals surface area contributed by atoms with Crippen molar-refractivity contribution in [3.8, 4) is 0 Å². The number of amides is 2. The van der Waals surface area contributed by atoms with Crippen molar-refractivity contribution in [2.45, 2.75) is 6.54 Å². The molecule has 0 aliphatic rings. The van der Waals surface area contributed by atoms with Crippen LogP contribution in [0, 0.1) is 5.82 Å². The average Bonchev–Trinajstić information content (AvgIpc) is 2.66. The number of likely N-dealkylation sites (N-methyl/N-ethyl adjacent to an activating group) is 1. The van der Waals surface area contributed by atoms with Gasteiger partial charge in [0, 0.05) is 19.2 Å². The summed E-state index contributed by atoms with van der Waals surface area (Å²) in [5.41, 5.74) is 6.32. The maximum atomic E-state index is 12.8. The summed E-state index contributed by atoms with van der Waals surface area (Å²) in [6.45, 7) is 0.260. The number of hydrogen-bond donors (Lipinski definition) is 3. The number of hydrogen-bond acceptors (Lipinski definition) is 3. The third kappa shape index (κ3) is 6.14. The molecular weight excluding hydrogens is 355 g/mol. The van der Waals surface area contributed by atoms with E-state index >= 15 is 0 Å². The van der Waals surface area contributed by atoms with E-state index in [4.69, 9.17) is 12.2 Å². The molecule has 2 aromatic carbocycles. The Balaban J connectivity index is 1.71. The molecule has 0 aliphatic carbocycles. The lowest BCUT2D eigenvalue weighted by atomic mass is 10.2. The van der Waals surface area contributed by atoms with Crippen molar-refractivity contribution in [2.75, 3.05) is 13.6 Å². The number of carbonyl (C=O) groups excluding carboxylic acids is 2. The van der Waals surface area contributed by atoms with Gasteiger partial charge >= 0.3 is 0 Å². The Kier molecular flexibility index (Phi) is 7.04. The molecular formula is C18H19FN4O2S. The summed E-state index contributed by atoms with van der Waals surface area (Å²) < 4.78 is 12.8. The number of nitrogens with one attached hydrogen (secondary N) is 3. The predicted octanol–water partition coefficient (Wildman–Crippen LogP) is 1.59. The van der Waals surface area contributed by atoms with Crippen LogP contribution in [0.15, 0.2) is 54.6 Å².